The van der Waals surface area contributed by atoms with Crippen LogP contribution in [-0.2, 0) is 6.54 Å². The van der Waals surface area contributed by atoms with Crippen molar-refractivity contribution in [3.8, 4) is 17.2 Å². The lowest BCUT2D eigenvalue weighted by Gasteiger charge is -2.15. The summed E-state index contributed by atoms with van der Waals surface area (Å²) in [7, 11) is 3.39. The molecule has 0 amide bonds. The number of rotatable bonds is 5. The van der Waals surface area contributed by atoms with Gasteiger partial charge in [-0.3, -0.25) is 0 Å². The molecule has 0 aromatic heterocycles. The molecule has 6 heteroatoms. The molecule has 0 spiro atoms. The van der Waals surface area contributed by atoms with E-state index in [-0.39, 0.29) is 17.4 Å². The molecule has 1 N–H and O–H groups in total. The molecule has 2 rings (SSSR count). The molecule has 0 heterocycles. The van der Waals surface area contributed by atoms with Crippen LogP contribution < -0.4 is 14.8 Å². The Bertz CT molecular complexity index is 650. The van der Waals surface area contributed by atoms with Crippen molar-refractivity contribution < 1.29 is 13.9 Å². The Morgan fingerprint density at radius 2 is 1.86 bits per heavy atom. The van der Waals surface area contributed by atoms with Gasteiger partial charge in [-0.1, -0.05) is 17.7 Å². The largest absolute Gasteiger partial charge is 0.496 e. The summed E-state index contributed by atoms with van der Waals surface area (Å²) in [5.74, 6) is 1.44. The predicted molar refractivity (Wildman–Crippen MR) is 89.2 cm³/mol. The van der Waals surface area contributed by atoms with Gasteiger partial charge in [0.25, 0.3) is 0 Å². The second-order valence-electron chi connectivity index (χ2n) is 4.59. The van der Waals surface area contributed by atoms with Crippen molar-refractivity contribution >= 4 is 24.0 Å². The molecule has 22 heavy (non-hydrogen) atoms. The van der Waals surface area contributed by atoms with E-state index in [1.807, 2.05) is 25.1 Å². The highest BCUT2D eigenvalue weighted by Crippen LogP contribution is 2.34. The first-order chi connectivity index (χ1) is 10.1. The van der Waals surface area contributed by atoms with Crippen LogP contribution in [0.25, 0.3) is 0 Å². The van der Waals surface area contributed by atoms with E-state index >= 15 is 0 Å². The highest BCUT2D eigenvalue weighted by atomic mass is 35.5. The van der Waals surface area contributed by atoms with Gasteiger partial charge in [-0.2, -0.15) is 0 Å². The Balaban J connectivity index is 0.00000242. The first-order valence-electron chi connectivity index (χ1n) is 6.50. The highest BCUT2D eigenvalue weighted by molar-refractivity contribution is 6.30. The van der Waals surface area contributed by atoms with E-state index in [1.54, 1.807) is 14.2 Å². The predicted octanol–water partition coefficient (Wildman–Crippen LogP) is 4.73. The van der Waals surface area contributed by atoms with E-state index in [0.717, 1.165) is 11.3 Å². The number of nitrogens with one attached hydrogen (secondary N) is 1. The maximum Gasteiger partial charge on any atom is 0.142 e. The summed E-state index contributed by atoms with van der Waals surface area (Å²) in [5.41, 5.74) is 1.57. The molecule has 0 radical (unpaired) electrons. The van der Waals surface area contributed by atoms with Gasteiger partial charge in [0.05, 0.1) is 12.1 Å². The molecule has 0 unspecified atom stereocenters. The third-order valence-electron chi connectivity index (χ3n) is 3.14. The van der Waals surface area contributed by atoms with Gasteiger partial charge in [0.1, 0.15) is 23.1 Å². The Labute approximate surface area is 140 Å². The summed E-state index contributed by atoms with van der Waals surface area (Å²) in [6.45, 7) is 2.38. The fourth-order valence-corrected chi connectivity index (χ4v) is 2.19. The van der Waals surface area contributed by atoms with Crippen LogP contribution in [-0.4, -0.2) is 14.2 Å². The van der Waals surface area contributed by atoms with Gasteiger partial charge < -0.3 is 14.8 Å². The third-order valence-corrected chi connectivity index (χ3v) is 3.43. The molecule has 0 aliphatic carbocycles. The third kappa shape index (κ3) is 4.03. The summed E-state index contributed by atoms with van der Waals surface area (Å²) < 4.78 is 24.7. The van der Waals surface area contributed by atoms with E-state index in [9.17, 15) is 4.39 Å². The fourth-order valence-electron chi connectivity index (χ4n) is 2.04. The Hall–Kier alpha value is -1.49. The van der Waals surface area contributed by atoms with E-state index in [1.165, 1.54) is 12.1 Å². The average Bonchev–Trinajstić information content (AvgIpc) is 2.46. The van der Waals surface area contributed by atoms with Crippen molar-refractivity contribution in [3.05, 3.63) is 52.3 Å². The summed E-state index contributed by atoms with van der Waals surface area (Å²) in [5, 5.41) is 3.01. The van der Waals surface area contributed by atoms with Gasteiger partial charge in [0, 0.05) is 23.7 Å². The summed E-state index contributed by atoms with van der Waals surface area (Å²) in [6.07, 6.45) is 0. The molecule has 3 nitrogen and oxygen atoms in total. The van der Waals surface area contributed by atoms with E-state index in [4.69, 9.17) is 21.1 Å². The Morgan fingerprint density at radius 1 is 1.18 bits per heavy atom. The van der Waals surface area contributed by atoms with Crippen molar-refractivity contribution in [2.75, 3.05) is 14.2 Å². The smallest absolute Gasteiger partial charge is 0.142 e. The van der Waals surface area contributed by atoms with Crippen molar-refractivity contribution in [3.63, 3.8) is 0 Å². The normalized spacial score (nSPS) is 10.0. The Morgan fingerprint density at radius 3 is 2.50 bits per heavy atom. The van der Waals surface area contributed by atoms with Crippen LogP contribution in [0.1, 0.15) is 11.1 Å². The molecule has 0 bridgehead atoms. The molecule has 0 saturated carbocycles. The molecule has 0 atom stereocenters. The summed E-state index contributed by atoms with van der Waals surface area (Å²) in [4.78, 5) is 0. The van der Waals surface area contributed by atoms with Crippen LogP contribution in [0.5, 0.6) is 17.2 Å². The molecule has 0 aliphatic rings. The van der Waals surface area contributed by atoms with Crippen LogP contribution in [0.2, 0.25) is 5.02 Å². The van der Waals surface area contributed by atoms with Crippen LogP contribution in [0.3, 0.4) is 0 Å². The van der Waals surface area contributed by atoms with Crippen LogP contribution in [0.4, 0.5) is 4.39 Å². The van der Waals surface area contributed by atoms with Gasteiger partial charge in [-0.05, 0) is 32.2 Å². The zero-order valence-corrected chi connectivity index (χ0v) is 14.1. The molecule has 2 aromatic rings. The maximum atomic E-state index is 13.6. The molecular formula is C16H18Cl2FNO2. The zero-order valence-electron chi connectivity index (χ0n) is 12.6. The van der Waals surface area contributed by atoms with Crippen LogP contribution >= 0.6 is 24.0 Å². The molecule has 0 fully saturated rings. The fraction of sp³-hybridized carbons (Fsp3) is 0.250. The van der Waals surface area contributed by atoms with Gasteiger partial charge >= 0.3 is 0 Å². The van der Waals surface area contributed by atoms with Gasteiger partial charge in [0.2, 0.25) is 0 Å². The molecular weight excluding hydrogens is 328 g/mol. The summed E-state index contributed by atoms with van der Waals surface area (Å²) >= 11 is 5.85. The topological polar surface area (TPSA) is 30.5 Å². The molecule has 120 valence electrons. The van der Waals surface area contributed by atoms with Crippen molar-refractivity contribution in [2.45, 2.75) is 13.5 Å². The average molecular weight is 346 g/mol. The first kappa shape index (κ1) is 18.6. The van der Waals surface area contributed by atoms with Gasteiger partial charge in [-0.25, -0.2) is 4.39 Å². The van der Waals surface area contributed by atoms with E-state index in [0.29, 0.717) is 23.6 Å². The lowest BCUT2D eigenvalue weighted by Crippen LogP contribution is -2.07. The standard InChI is InChI=1S/C16H17ClFNO2.ClH/c1-10-14(20-3)5-4-6-15(10)21-16-8-12(17)13(18)7-11(16)9-19-2;/h4-8,19H,9H2,1-3H3;1H. The first-order valence-corrected chi connectivity index (χ1v) is 6.88. The van der Waals surface area contributed by atoms with E-state index < -0.39 is 5.82 Å². The number of hydrogen-bond donors (Lipinski definition) is 1. The van der Waals surface area contributed by atoms with Gasteiger partial charge in [-0.15, -0.1) is 12.4 Å². The summed E-state index contributed by atoms with van der Waals surface area (Å²) in [6, 6.07) is 8.39. The minimum absolute atomic E-state index is 0. The maximum absolute atomic E-state index is 13.6. The molecule has 2 aromatic carbocycles. The number of ether oxygens (including phenoxy) is 2. The van der Waals surface area contributed by atoms with Gasteiger partial charge in [0.15, 0.2) is 0 Å². The highest BCUT2D eigenvalue weighted by Gasteiger charge is 2.12. The monoisotopic (exact) mass is 345 g/mol. The zero-order chi connectivity index (χ0) is 15.4. The Kier molecular flexibility index (Phi) is 6.94. The van der Waals surface area contributed by atoms with E-state index in [2.05, 4.69) is 5.32 Å². The van der Waals surface area contributed by atoms with Crippen molar-refractivity contribution in [2.24, 2.45) is 0 Å². The van der Waals surface area contributed by atoms with Crippen molar-refractivity contribution in [1.82, 2.24) is 5.32 Å². The number of benzene rings is 2. The molecule has 0 aliphatic heterocycles. The minimum atomic E-state index is -0.461. The number of methoxy groups -OCH3 is 1. The van der Waals surface area contributed by atoms with Crippen LogP contribution in [0, 0.1) is 12.7 Å². The second-order valence-corrected chi connectivity index (χ2v) is 5.00. The second kappa shape index (κ2) is 8.22. The SMILES string of the molecule is CNCc1cc(F)c(Cl)cc1Oc1cccc(OC)c1C.Cl. The lowest BCUT2D eigenvalue weighted by atomic mass is 10.1. The number of hydrogen-bond acceptors (Lipinski definition) is 3. The van der Waals surface area contributed by atoms with Crippen molar-refractivity contribution in [1.29, 1.82) is 0 Å². The number of halogens is 3. The lowest BCUT2D eigenvalue weighted by molar-refractivity contribution is 0.403. The molecule has 0 saturated heterocycles. The minimum Gasteiger partial charge on any atom is -0.496 e. The quantitative estimate of drug-likeness (QED) is 0.849. The van der Waals surface area contributed by atoms with Crippen LogP contribution in [0.15, 0.2) is 30.3 Å².